The third kappa shape index (κ3) is 4.92. The number of rotatable bonds is 5. The third-order valence-electron chi connectivity index (χ3n) is 4.04. The van der Waals surface area contributed by atoms with Gasteiger partial charge in [0.05, 0.1) is 10.8 Å². The van der Waals surface area contributed by atoms with Crippen molar-refractivity contribution in [3.63, 3.8) is 0 Å². The number of hydrogen-bond donors (Lipinski definition) is 1. The number of carbonyl (C=O) groups excluding carboxylic acids is 2. The van der Waals surface area contributed by atoms with E-state index in [1.165, 1.54) is 13.0 Å². The Morgan fingerprint density at radius 2 is 1.69 bits per heavy atom. The first-order valence-corrected chi connectivity index (χ1v) is 9.45. The highest BCUT2D eigenvalue weighted by atomic mass is 32.2. The maximum Gasteiger partial charge on any atom is 0.451 e. The first-order valence-electron chi connectivity index (χ1n) is 8.57. The van der Waals surface area contributed by atoms with Gasteiger partial charge in [-0.15, -0.1) is 0 Å². The topological polar surface area (TPSA) is 72.0 Å². The van der Waals surface area contributed by atoms with Crippen LogP contribution in [-0.2, 0) is 11.0 Å². The second kappa shape index (κ2) is 8.20. The molecule has 1 heterocycles. The van der Waals surface area contributed by atoms with Crippen LogP contribution in [0, 0.1) is 0 Å². The molecule has 150 valence electrons. The van der Waals surface area contributed by atoms with E-state index in [1.807, 2.05) is 0 Å². The zero-order valence-corrected chi connectivity index (χ0v) is 16.3. The molecule has 0 aliphatic rings. The Kier molecular flexibility index (Phi) is 5.88. The molecule has 0 aliphatic carbocycles. The minimum Gasteiger partial charge on any atom is -0.325 e. The number of fused-ring (bicyclic) bond motifs is 1. The van der Waals surface area contributed by atoms with E-state index in [9.17, 15) is 22.8 Å². The van der Waals surface area contributed by atoms with Gasteiger partial charge in [-0.2, -0.15) is 13.2 Å². The van der Waals surface area contributed by atoms with Gasteiger partial charge in [0.15, 0.2) is 5.78 Å². The van der Waals surface area contributed by atoms with Gasteiger partial charge in [0, 0.05) is 16.6 Å². The average Bonchev–Trinajstić information content (AvgIpc) is 2.67. The van der Waals surface area contributed by atoms with Crippen LogP contribution >= 0.6 is 11.8 Å². The highest BCUT2D eigenvalue weighted by Gasteiger charge is 2.35. The smallest absolute Gasteiger partial charge is 0.325 e. The molecular formula is C20H16F3N3O2S. The van der Waals surface area contributed by atoms with Gasteiger partial charge in [-0.3, -0.25) is 9.59 Å². The van der Waals surface area contributed by atoms with Crippen LogP contribution < -0.4 is 5.32 Å². The number of Topliss-reactive ketones (excluding diaryl/α,β-unsaturated/α-hetero) is 1. The quantitative estimate of drug-likeness (QED) is 0.359. The summed E-state index contributed by atoms with van der Waals surface area (Å²) in [4.78, 5) is 31.0. The summed E-state index contributed by atoms with van der Waals surface area (Å²) in [6, 6.07) is 12.7. The molecule has 1 amide bonds. The number of para-hydroxylation sites is 1. The van der Waals surface area contributed by atoms with Gasteiger partial charge in [-0.25, -0.2) is 9.97 Å². The molecule has 0 saturated carbocycles. The summed E-state index contributed by atoms with van der Waals surface area (Å²) in [7, 11) is 0. The Bertz CT molecular complexity index is 1070. The van der Waals surface area contributed by atoms with Crippen molar-refractivity contribution in [1.82, 2.24) is 9.97 Å². The van der Waals surface area contributed by atoms with Crippen molar-refractivity contribution in [2.75, 3.05) is 5.32 Å². The van der Waals surface area contributed by atoms with Crippen molar-refractivity contribution in [1.29, 1.82) is 0 Å². The Balaban J connectivity index is 1.82. The number of thioether (sulfide) groups is 1. The maximum absolute atomic E-state index is 13.1. The average molecular weight is 419 g/mol. The van der Waals surface area contributed by atoms with Crippen molar-refractivity contribution in [2.24, 2.45) is 0 Å². The molecule has 0 spiro atoms. The number of nitrogens with one attached hydrogen (secondary N) is 1. The summed E-state index contributed by atoms with van der Waals surface area (Å²) in [6.07, 6.45) is -4.69. The van der Waals surface area contributed by atoms with Crippen LogP contribution in [0.5, 0.6) is 0 Å². The molecule has 1 aromatic heterocycles. The first kappa shape index (κ1) is 20.8. The number of alkyl halides is 3. The van der Waals surface area contributed by atoms with Crippen molar-refractivity contribution in [2.45, 2.75) is 30.3 Å². The van der Waals surface area contributed by atoms with Crippen LogP contribution in [0.4, 0.5) is 18.9 Å². The molecular weight excluding hydrogens is 403 g/mol. The predicted molar refractivity (Wildman–Crippen MR) is 105 cm³/mol. The second-order valence-electron chi connectivity index (χ2n) is 6.25. The zero-order valence-electron chi connectivity index (χ0n) is 15.4. The molecule has 0 aliphatic heterocycles. The predicted octanol–water partition coefficient (Wildman–Crippen LogP) is 4.97. The van der Waals surface area contributed by atoms with E-state index in [4.69, 9.17) is 0 Å². The fraction of sp³-hybridized carbons (Fsp3) is 0.200. The van der Waals surface area contributed by atoms with Crippen molar-refractivity contribution >= 4 is 40.0 Å². The zero-order chi connectivity index (χ0) is 21.2. The van der Waals surface area contributed by atoms with Gasteiger partial charge in [0.2, 0.25) is 11.7 Å². The minimum absolute atomic E-state index is 0.0810. The second-order valence-corrected chi connectivity index (χ2v) is 7.58. The number of amides is 1. The van der Waals surface area contributed by atoms with E-state index in [-0.39, 0.29) is 16.3 Å². The first-order chi connectivity index (χ1) is 13.6. The van der Waals surface area contributed by atoms with E-state index >= 15 is 0 Å². The molecule has 29 heavy (non-hydrogen) atoms. The van der Waals surface area contributed by atoms with Crippen LogP contribution in [-0.4, -0.2) is 26.9 Å². The lowest BCUT2D eigenvalue weighted by Crippen LogP contribution is -2.23. The fourth-order valence-electron chi connectivity index (χ4n) is 2.52. The van der Waals surface area contributed by atoms with Crippen molar-refractivity contribution in [3.8, 4) is 0 Å². The van der Waals surface area contributed by atoms with E-state index < -0.39 is 23.2 Å². The minimum atomic E-state index is -4.69. The summed E-state index contributed by atoms with van der Waals surface area (Å²) in [5, 5.41) is 2.49. The Hall–Kier alpha value is -2.94. The lowest BCUT2D eigenvalue weighted by atomic mass is 10.1. The largest absolute Gasteiger partial charge is 0.451 e. The summed E-state index contributed by atoms with van der Waals surface area (Å²) >= 11 is 0.921. The summed E-state index contributed by atoms with van der Waals surface area (Å²) in [5.41, 5.74) is 1.15. The number of hydrogen-bond acceptors (Lipinski definition) is 5. The molecule has 2 aromatic carbocycles. The van der Waals surface area contributed by atoms with Gasteiger partial charge in [0.25, 0.3) is 0 Å². The molecule has 3 rings (SSSR count). The van der Waals surface area contributed by atoms with Crippen LogP contribution in [0.15, 0.2) is 53.6 Å². The number of benzene rings is 2. The number of carbonyl (C=O) groups is 2. The number of anilines is 1. The van der Waals surface area contributed by atoms with Crippen LogP contribution in [0.2, 0.25) is 0 Å². The van der Waals surface area contributed by atoms with Gasteiger partial charge in [-0.05, 0) is 44.2 Å². The molecule has 1 N–H and O–H groups in total. The number of nitrogens with zero attached hydrogens (tertiary/aromatic N) is 2. The van der Waals surface area contributed by atoms with Gasteiger partial charge in [0.1, 0.15) is 5.03 Å². The molecule has 0 unspecified atom stereocenters. The standard InChI is InChI=1S/C20H16F3N3O2S/c1-11(27)13-7-9-14(10-8-13)24-17(28)12(2)29-18-15-5-3-4-6-16(15)25-19(26-18)20(21,22)23/h3-10,12H,1-2H3,(H,24,28)/t12-/m0/s1. The lowest BCUT2D eigenvalue weighted by Gasteiger charge is -2.14. The molecule has 9 heteroatoms. The molecule has 3 aromatic rings. The number of aromatic nitrogens is 2. The van der Waals surface area contributed by atoms with E-state index in [1.54, 1.807) is 49.4 Å². The Morgan fingerprint density at radius 3 is 2.31 bits per heavy atom. The normalized spacial score (nSPS) is 12.6. The fourth-order valence-corrected chi connectivity index (χ4v) is 3.46. The monoisotopic (exact) mass is 419 g/mol. The molecule has 1 atom stereocenters. The third-order valence-corrected chi connectivity index (χ3v) is 5.14. The van der Waals surface area contributed by atoms with Crippen LogP contribution in [0.1, 0.15) is 30.0 Å². The van der Waals surface area contributed by atoms with Gasteiger partial charge in [-0.1, -0.05) is 30.0 Å². The van der Waals surface area contributed by atoms with Crippen LogP contribution in [0.3, 0.4) is 0 Å². The summed E-state index contributed by atoms with van der Waals surface area (Å²) in [5.74, 6) is -1.74. The maximum atomic E-state index is 13.1. The summed E-state index contributed by atoms with van der Waals surface area (Å²) < 4.78 is 39.4. The number of ketones is 1. The highest BCUT2D eigenvalue weighted by Crippen LogP contribution is 2.33. The number of halogens is 3. The van der Waals surface area contributed by atoms with Gasteiger partial charge < -0.3 is 5.32 Å². The summed E-state index contributed by atoms with van der Waals surface area (Å²) in [6.45, 7) is 3.02. The van der Waals surface area contributed by atoms with E-state index in [0.29, 0.717) is 16.6 Å². The van der Waals surface area contributed by atoms with E-state index in [2.05, 4.69) is 15.3 Å². The Labute approximate surface area is 168 Å². The van der Waals surface area contributed by atoms with E-state index in [0.717, 1.165) is 11.8 Å². The Morgan fingerprint density at radius 1 is 1.03 bits per heavy atom. The molecule has 0 bridgehead atoms. The lowest BCUT2D eigenvalue weighted by molar-refractivity contribution is -0.145. The highest BCUT2D eigenvalue weighted by molar-refractivity contribution is 8.00. The van der Waals surface area contributed by atoms with Crippen molar-refractivity contribution in [3.05, 3.63) is 59.9 Å². The van der Waals surface area contributed by atoms with Crippen molar-refractivity contribution < 1.29 is 22.8 Å². The van der Waals surface area contributed by atoms with Gasteiger partial charge >= 0.3 is 6.18 Å². The van der Waals surface area contributed by atoms with Crippen LogP contribution in [0.25, 0.3) is 10.9 Å². The molecule has 0 saturated heterocycles. The SMILES string of the molecule is CC(=O)c1ccc(NC(=O)[C@H](C)Sc2nc(C(F)(F)F)nc3ccccc23)cc1. The molecule has 0 radical (unpaired) electrons. The molecule has 5 nitrogen and oxygen atoms in total. The molecule has 0 fully saturated rings.